The predicted octanol–water partition coefficient (Wildman–Crippen LogP) is 1.28. The molecule has 1 saturated heterocycles. The van der Waals surface area contributed by atoms with Crippen molar-refractivity contribution in [2.75, 3.05) is 6.61 Å². The Morgan fingerprint density at radius 1 is 1.83 bits per heavy atom. The molecule has 0 radical (unpaired) electrons. The molecule has 2 unspecified atom stereocenters. The number of carbonyl (C=O) groups is 1. The van der Waals surface area contributed by atoms with Gasteiger partial charge >= 0.3 is 5.97 Å². The molecule has 2 atom stereocenters. The lowest BCUT2D eigenvalue weighted by atomic mass is 10.1. The van der Waals surface area contributed by atoms with Crippen LogP contribution in [0.15, 0.2) is 12.7 Å². The van der Waals surface area contributed by atoms with Crippen LogP contribution in [0.3, 0.4) is 0 Å². The van der Waals surface area contributed by atoms with Crippen LogP contribution < -0.4 is 0 Å². The van der Waals surface area contributed by atoms with Gasteiger partial charge in [-0.05, 0) is 19.8 Å². The van der Waals surface area contributed by atoms with E-state index in [0.717, 1.165) is 19.4 Å². The first-order valence-electron chi connectivity index (χ1n) is 4.18. The third kappa shape index (κ3) is 2.34. The van der Waals surface area contributed by atoms with Crippen LogP contribution in [0.5, 0.6) is 0 Å². The number of ether oxygens (including phenoxy) is 2. The van der Waals surface area contributed by atoms with Crippen LogP contribution in [0, 0.1) is 0 Å². The first kappa shape index (κ1) is 9.26. The van der Waals surface area contributed by atoms with E-state index in [2.05, 4.69) is 6.58 Å². The molecule has 0 bridgehead atoms. The van der Waals surface area contributed by atoms with Crippen molar-refractivity contribution in [3.05, 3.63) is 12.7 Å². The highest BCUT2D eigenvalue weighted by molar-refractivity contribution is 5.81. The van der Waals surface area contributed by atoms with Crippen LogP contribution >= 0.6 is 0 Å². The van der Waals surface area contributed by atoms with Crippen LogP contribution in [0.4, 0.5) is 0 Å². The summed E-state index contributed by atoms with van der Waals surface area (Å²) in [6.45, 7) is 5.95. The Balaban J connectivity index is 2.31. The summed E-state index contributed by atoms with van der Waals surface area (Å²) in [5.41, 5.74) is 0. The van der Waals surface area contributed by atoms with E-state index in [-0.39, 0.29) is 18.2 Å². The van der Waals surface area contributed by atoms with Crippen LogP contribution in [-0.4, -0.2) is 24.8 Å². The fourth-order valence-electron chi connectivity index (χ4n) is 1.28. The molecular formula is C9H14O3. The average Bonchev–Trinajstić information content (AvgIpc) is 2.56. The minimum Gasteiger partial charge on any atom is -0.457 e. The van der Waals surface area contributed by atoms with Gasteiger partial charge in [-0.25, -0.2) is 4.79 Å². The summed E-state index contributed by atoms with van der Waals surface area (Å²) in [4.78, 5) is 10.8. The average molecular weight is 170 g/mol. The molecule has 1 heterocycles. The second kappa shape index (κ2) is 4.26. The molecule has 0 aromatic rings. The molecule has 0 aliphatic carbocycles. The molecule has 12 heavy (non-hydrogen) atoms. The van der Waals surface area contributed by atoms with E-state index in [9.17, 15) is 4.79 Å². The van der Waals surface area contributed by atoms with Gasteiger partial charge in [0.1, 0.15) is 6.10 Å². The fraction of sp³-hybridized carbons (Fsp3) is 0.667. The molecule has 68 valence electrons. The molecule has 0 aromatic carbocycles. The Morgan fingerprint density at radius 2 is 2.58 bits per heavy atom. The molecule has 1 rings (SSSR count). The van der Waals surface area contributed by atoms with E-state index in [0.29, 0.717) is 0 Å². The van der Waals surface area contributed by atoms with Gasteiger partial charge in [0, 0.05) is 12.7 Å². The minimum absolute atomic E-state index is 0.0777. The fourth-order valence-corrected chi connectivity index (χ4v) is 1.28. The highest BCUT2D eigenvalue weighted by Crippen LogP contribution is 2.17. The quantitative estimate of drug-likeness (QED) is 0.473. The molecular weight excluding hydrogens is 156 g/mol. The van der Waals surface area contributed by atoms with Crippen molar-refractivity contribution in [1.29, 1.82) is 0 Å². The lowest BCUT2D eigenvalue weighted by Gasteiger charge is -2.17. The van der Waals surface area contributed by atoms with E-state index >= 15 is 0 Å². The normalized spacial score (nSPS) is 24.9. The molecule has 0 aromatic heterocycles. The van der Waals surface area contributed by atoms with Crippen molar-refractivity contribution < 1.29 is 14.3 Å². The smallest absolute Gasteiger partial charge is 0.330 e. The van der Waals surface area contributed by atoms with Crippen molar-refractivity contribution in [3.63, 3.8) is 0 Å². The van der Waals surface area contributed by atoms with Crippen molar-refractivity contribution in [1.82, 2.24) is 0 Å². The SMILES string of the molecule is C=CC(=O)OC(C)C1CCCO1. The topological polar surface area (TPSA) is 35.5 Å². The summed E-state index contributed by atoms with van der Waals surface area (Å²) < 4.78 is 10.4. The summed E-state index contributed by atoms with van der Waals surface area (Å²) in [6.07, 6.45) is 3.13. The minimum atomic E-state index is -0.377. The van der Waals surface area contributed by atoms with Gasteiger partial charge in [0.05, 0.1) is 6.10 Å². The molecule has 0 spiro atoms. The number of carbonyl (C=O) groups excluding carboxylic acids is 1. The van der Waals surface area contributed by atoms with Gasteiger partial charge in [0.25, 0.3) is 0 Å². The van der Waals surface area contributed by atoms with Gasteiger partial charge < -0.3 is 9.47 Å². The van der Waals surface area contributed by atoms with Gasteiger partial charge in [-0.15, -0.1) is 0 Å². The summed E-state index contributed by atoms with van der Waals surface area (Å²) in [5.74, 6) is -0.377. The van der Waals surface area contributed by atoms with Crippen LogP contribution in [-0.2, 0) is 14.3 Å². The van der Waals surface area contributed by atoms with E-state index in [1.54, 1.807) is 0 Å². The maximum atomic E-state index is 10.8. The summed E-state index contributed by atoms with van der Waals surface area (Å²) >= 11 is 0. The van der Waals surface area contributed by atoms with Crippen LogP contribution in [0.25, 0.3) is 0 Å². The zero-order valence-electron chi connectivity index (χ0n) is 7.29. The number of rotatable bonds is 3. The molecule has 0 saturated carbocycles. The van der Waals surface area contributed by atoms with Crippen LogP contribution in [0.2, 0.25) is 0 Å². The number of esters is 1. The van der Waals surface area contributed by atoms with Crippen molar-refractivity contribution in [3.8, 4) is 0 Å². The Kier molecular flexibility index (Phi) is 3.29. The summed E-state index contributed by atoms with van der Waals surface area (Å²) in [7, 11) is 0. The zero-order valence-corrected chi connectivity index (χ0v) is 7.29. The predicted molar refractivity (Wildman–Crippen MR) is 44.7 cm³/mol. The Bertz CT molecular complexity index is 171. The first-order chi connectivity index (χ1) is 5.74. The number of hydrogen-bond donors (Lipinski definition) is 0. The Labute approximate surface area is 72.4 Å². The molecule has 1 fully saturated rings. The highest BCUT2D eigenvalue weighted by atomic mass is 16.6. The van der Waals surface area contributed by atoms with Crippen molar-refractivity contribution >= 4 is 5.97 Å². The van der Waals surface area contributed by atoms with Crippen molar-refractivity contribution in [2.45, 2.75) is 32.0 Å². The van der Waals surface area contributed by atoms with Gasteiger partial charge in [0.2, 0.25) is 0 Å². The molecule has 3 heteroatoms. The lowest BCUT2D eigenvalue weighted by Crippen LogP contribution is -2.27. The second-order valence-corrected chi connectivity index (χ2v) is 2.90. The first-order valence-corrected chi connectivity index (χ1v) is 4.18. The zero-order chi connectivity index (χ0) is 8.97. The molecule has 3 nitrogen and oxygen atoms in total. The maximum absolute atomic E-state index is 10.8. The third-order valence-corrected chi connectivity index (χ3v) is 1.96. The Morgan fingerprint density at radius 3 is 3.08 bits per heavy atom. The van der Waals surface area contributed by atoms with E-state index < -0.39 is 0 Å². The summed E-state index contributed by atoms with van der Waals surface area (Å²) in [6, 6.07) is 0. The van der Waals surface area contributed by atoms with E-state index in [1.807, 2.05) is 6.92 Å². The lowest BCUT2D eigenvalue weighted by molar-refractivity contribution is -0.147. The third-order valence-electron chi connectivity index (χ3n) is 1.96. The van der Waals surface area contributed by atoms with Crippen molar-refractivity contribution in [2.24, 2.45) is 0 Å². The number of hydrogen-bond acceptors (Lipinski definition) is 3. The standard InChI is InChI=1S/C9H14O3/c1-3-9(10)12-7(2)8-5-4-6-11-8/h3,7-8H,1,4-6H2,2H3. The van der Waals surface area contributed by atoms with Gasteiger partial charge in [-0.3, -0.25) is 0 Å². The summed E-state index contributed by atoms with van der Waals surface area (Å²) in [5, 5.41) is 0. The van der Waals surface area contributed by atoms with Crippen LogP contribution in [0.1, 0.15) is 19.8 Å². The van der Waals surface area contributed by atoms with Gasteiger partial charge in [0.15, 0.2) is 0 Å². The van der Waals surface area contributed by atoms with Gasteiger partial charge in [-0.2, -0.15) is 0 Å². The Hall–Kier alpha value is -0.830. The molecule has 1 aliphatic heterocycles. The van der Waals surface area contributed by atoms with E-state index in [4.69, 9.17) is 9.47 Å². The molecule has 1 aliphatic rings. The van der Waals surface area contributed by atoms with Gasteiger partial charge in [-0.1, -0.05) is 6.58 Å². The highest BCUT2D eigenvalue weighted by Gasteiger charge is 2.24. The second-order valence-electron chi connectivity index (χ2n) is 2.90. The monoisotopic (exact) mass is 170 g/mol. The maximum Gasteiger partial charge on any atom is 0.330 e. The molecule has 0 N–H and O–H groups in total. The largest absolute Gasteiger partial charge is 0.457 e. The van der Waals surface area contributed by atoms with E-state index in [1.165, 1.54) is 6.08 Å². The molecule has 0 amide bonds.